The van der Waals surface area contributed by atoms with E-state index in [1.165, 1.54) is 0 Å². The summed E-state index contributed by atoms with van der Waals surface area (Å²) in [7, 11) is 0. The minimum atomic E-state index is -4.46. The van der Waals surface area contributed by atoms with Gasteiger partial charge in [0, 0.05) is 6.42 Å². The van der Waals surface area contributed by atoms with Gasteiger partial charge < -0.3 is 4.74 Å². The molecule has 0 radical (unpaired) electrons. The maximum absolute atomic E-state index is 12.0. The molecule has 0 aliphatic rings. The standard InChI is InChI=1S/C11H11F3O/c1-9(11(12,13)14)15-8-7-10-5-3-2-4-6-10/h2-6H,1,7-8H2. The third-order valence-corrected chi connectivity index (χ3v) is 1.83. The van der Waals surface area contributed by atoms with Crippen LogP contribution in [0.5, 0.6) is 0 Å². The Kier molecular flexibility index (Phi) is 3.77. The summed E-state index contributed by atoms with van der Waals surface area (Å²) in [5.41, 5.74) is 0.937. The van der Waals surface area contributed by atoms with Gasteiger partial charge in [-0.15, -0.1) is 0 Å². The topological polar surface area (TPSA) is 9.23 Å². The summed E-state index contributed by atoms with van der Waals surface area (Å²) in [6, 6.07) is 9.17. The van der Waals surface area contributed by atoms with E-state index in [1.807, 2.05) is 30.3 Å². The van der Waals surface area contributed by atoms with Crippen LogP contribution in [-0.2, 0) is 11.2 Å². The van der Waals surface area contributed by atoms with Crippen LogP contribution in [0.2, 0.25) is 0 Å². The molecule has 0 atom stereocenters. The number of hydrogen-bond donors (Lipinski definition) is 0. The maximum atomic E-state index is 12.0. The lowest BCUT2D eigenvalue weighted by atomic mass is 10.2. The van der Waals surface area contributed by atoms with Gasteiger partial charge >= 0.3 is 6.18 Å². The summed E-state index contributed by atoms with van der Waals surface area (Å²) in [6.07, 6.45) is -4.02. The fraction of sp³-hybridized carbons (Fsp3) is 0.273. The number of ether oxygens (including phenoxy) is 1. The van der Waals surface area contributed by atoms with Crippen molar-refractivity contribution in [2.75, 3.05) is 6.61 Å². The molecule has 0 spiro atoms. The van der Waals surface area contributed by atoms with E-state index in [0.717, 1.165) is 5.56 Å². The van der Waals surface area contributed by atoms with Crippen molar-refractivity contribution in [2.24, 2.45) is 0 Å². The molecule has 0 aliphatic heterocycles. The quantitative estimate of drug-likeness (QED) is 0.701. The number of benzene rings is 1. The fourth-order valence-corrected chi connectivity index (χ4v) is 1.02. The molecular weight excluding hydrogens is 205 g/mol. The van der Waals surface area contributed by atoms with E-state index < -0.39 is 11.9 Å². The van der Waals surface area contributed by atoms with Gasteiger partial charge in [0.1, 0.15) is 0 Å². The van der Waals surface area contributed by atoms with Crippen molar-refractivity contribution in [1.82, 2.24) is 0 Å². The first-order chi connectivity index (χ1) is 7.00. The molecule has 0 saturated carbocycles. The van der Waals surface area contributed by atoms with E-state index in [4.69, 9.17) is 0 Å². The van der Waals surface area contributed by atoms with Gasteiger partial charge in [-0.3, -0.25) is 0 Å². The molecule has 0 aliphatic carbocycles. The zero-order chi connectivity index (χ0) is 11.3. The van der Waals surface area contributed by atoms with E-state index in [2.05, 4.69) is 11.3 Å². The molecule has 0 heterocycles. The zero-order valence-corrected chi connectivity index (χ0v) is 8.05. The maximum Gasteiger partial charge on any atom is 0.448 e. The molecule has 82 valence electrons. The van der Waals surface area contributed by atoms with Gasteiger partial charge in [-0.05, 0) is 5.56 Å². The number of halogens is 3. The van der Waals surface area contributed by atoms with Crippen molar-refractivity contribution < 1.29 is 17.9 Å². The highest BCUT2D eigenvalue weighted by Crippen LogP contribution is 2.24. The van der Waals surface area contributed by atoms with Crippen LogP contribution in [0.4, 0.5) is 13.2 Å². The van der Waals surface area contributed by atoms with Crippen molar-refractivity contribution >= 4 is 0 Å². The van der Waals surface area contributed by atoms with Gasteiger partial charge in [-0.25, -0.2) is 0 Å². The van der Waals surface area contributed by atoms with E-state index in [0.29, 0.717) is 6.42 Å². The average molecular weight is 216 g/mol. The molecule has 1 nitrogen and oxygen atoms in total. The summed E-state index contributed by atoms with van der Waals surface area (Å²) in [6.45, 7) is 2.80. The highest BCUT2D eigenvalue weighted by molar-refractivity contribution is 5.14. The second kappa shape index (κ2) is 4.87. The summed E-state index contributed by atoms with van der Waals surface area (Å²) in [5.74, 6) is -1.14. The molecule has 1 aromatic rings. The van der Waals surface area contributed by atoms with Crippen LogP contribution in [0, 0.1) is 0 Å². The molecule has 0 N–H and O–H groups in total. The SMILES string of the molecule is C=C(OCCc1ccccc1)C(F)(F)F. The van der Waals surface area contributed by atoms with Gasteiger partial charge in [0.2, 0.25) is 0 Å². The number of alkyl halides is 3. The van der Waals surface area contributed by atoms with E-state index in [1.54, 1.807) is 0 Å². The van der Waals surface area contributed by atoms with E-state index in [9.17, 15) is 13.2 Å². The highest BCUT2D eigenvalue weighted by atomic mass is 19.4. The Morgan fingerprint density at radius 3 is 2.33 bits per heavy atom. The molecule has 0 amide bonds. The second-order valence-corrected chi connectivity index (χ2v) is 3.00. The van der Waals surface area contributed by atoms with Crippen molar-refractivity contribution in [3.63, 3.8) is 0 Å². The fourth-order valence-electron chi connectivity index (χ4n) is 1.02. The van der Waals surface area contributed by atoms with Gasteiger partial charge in [0.25, 0.3) is 0 Å². The van der Waals surface area contributed by atoms with Crippen molar-refractivity contribution in [2.45, 2.75) is 12.6 Å². The van der Waals surface area contributed by atoms with Crippen molar-refractivity contribution in [3.8, 4) is 0 Å². The molecule has 0 aromatic heterocycles. The van der Waals surface area contributed by atoms with Crippen LogP contribution in [0.3, 0.4) is 0 Å². The minimum Gasteiger partial charge on any atom is -0.489 e. The third-order valence-electron chi connectivity index (χ3n) is 1.83. The Morgan fingerprint density at radius 2 is 1.80 bits per heavy atom. The molecular formula is C11H11F3O. The number of allylic oxidation sites excluding steroid dienone is 1. The predicted octanol–water partition coefficient (Wildman–Crippen LogP) is 3.32. The Morgan fingerprint density at radius 1 is 1.20 bits per heavy atom. The van der Waals surface area contributed by atoms with Crippen molar-refractivity contribution in [1.29, 1.82) is 0 Å². The highest BCUT2D eigenvalue weighted by Gasteiger charge is 2.33. The predicted molar refractivity (Wildman–Crippen MR) is 51.3 cm³/mol. The van der Waals surface area contributed by atoms with Crippen LogP contribution >= 0.6 is 0 Å². The molecule has 0 saturated heterocycles. The summed E-state index contributed by atoms with van der Waals surface area (Å²) in [5, 5.41) is 0. The number of rotatable bonds is 4. The summed E-state index contributed by atoms with van der Waals surface area (Å²) in [4.78, 5) is 0. The molecule has 4 heteroatoms. The summed E-state index contributed by atoms with van der Waals surface area (Å²) >= 11 is 0. The second-order valence-electron chi connectivity index (χ2n) is 3.00. The Bertz CT molecular complexity index is 316. The summed E-state index contributed by atoms with van der Waals surface area (Å²) < 4.78 is 40.3. The van der Waals surface area contributed by atoms with Crippen LogP contribution in [0.15, 0.2) is 42.7 Å². The lowest BCUT2D eigenvalue weighted by Crippen LogP contribution is -2.14. The smallest absolute Gasteiger partial charge is 0.448 e. The molecule has 0 bridgehead atoms. The zero-order valence-electron chi connectivity index (χ0n) is 8.05. The minimum absolute atomic E-state index is 0.0116. The first kappa shape index (κ1) is 11.6. The Hall–Kier alpha value is -1.45. The first-order valence-electron chi connectivity index (χ1n) is 4.43. The van der Waals surface area contributed by atoms with E-state index in [-0.39, 0.29) is 6.61 Å². The Labute approximate surface area is 86.2 Å². The number of hydrogen-bond acceptors (Lipinski definition) is 1. The van der Waals surface area contributed by atoms with Gasteiger partial charge in [-0.1, -0.05) is 36.9 Å². The molecule has 15 heavy (non-hydrogen) atoms. The Balaban J connectivity index is 2.32. The lowest BCUT2D eigenvalue weighted by Gasteiger charge is -2.11. The largest absolute Gasteiger partial charge is 0.489 e. The van der Waals surface area contributed by atoms with Gasteiger partial charge in [0.15, 0.2) is 5.76 Å². The van der Waals surface area contributed by atoms with Crippen molar-refractivity contribution in [3.05, 3.63) is 48.2 Å². The van der Waals surface area contributed by atoms with Gasteiger partial charge in [-0.2, -0.15) is 13.2 Å². The van der Waals surface area contributed by atoms with Crippen LogP contribution in [0.1, 0.15) is 5.56 Å². The van der Waals surface area contributed by atoms with Gasteiger partial charge in [0.05, 0.1) is 6.61 Å². The van der Waals surface area contributed by atoms with E-state index >= 15 is 0 Å². The van der Waals surface area contributed by atoms with Crippen LogP contribution in [-0.4, -0.2) is 12.8 Å². The first-order valence-corrected chi connectivity index (χ1v) is 4.43. The average Bonchev–Trinajstić information content (AvgIpc) is 2.18. The van der Waals surface area contributed by atoms with Crippen LogP contribution in [0.25, 0.3) is 0 Å². The molecule has 1 rings (SSSR count). The normalized spacial score (nSPS) is 11.1. The third kappa shape index (κ3) is 4.06. The molecule has 1 aromatic carbocycles. The van der Waals surface area contributed by atoms with Crippen LogP contribution < -0.4 is 0 Å². The lowest BCUT2D eigenvalue weighted by molar-refractivity contribution is -0.130. The monoisotopic (exact) mass is 216 g/mol. The molecule has 0 unspecified atom stereocenters. The molecule has 0 fully saturated rings.